The summed E-state index contributed by atoms with van der Waals surface area (Å²) < 4.78 is 5.77. The summed E-state index contributed by atoms with van der Waals surface area (Å²) >= 11 is 1.69. The summed E-state index contributed by atoms with van der Waals surface area (Å²) in [6, 6.07) is 3.81. The van der Waals surface area contributed by atoms with E-state index < -0.39 is 0 Å². The predicted molar refractivity (Wildman–Crippen MR) is 116 cm³/mol. The smallest absolute Gasteiger partial charge is 0.321 e. The fourth-order valence-electron chi connectivity index (χ4n) is 6.79. The largest absolute Gasteiger partial charge is 0.377 e. The van der Waals surface area contributed by atoms with Crippen LogP contribution in [-0.2, 0) is 16.1 Å². The van der Waals surface area contributed by atoms with Gasteiger partial charge in [0.15, 0.2) is 0 Å². The first-order valence-electron chi connectivity index (χ1n) is 11.5. The molecular formula is C23H33N3O3S. The number of ether oxygens (including phenoxy) is 1. The molecule has 1 aliphatic heterocycles. The highest BCUT2D eigenvalue weighted by Crippen LogP contribution is 2.55. The molecule has 2 N–H and O–H groups in total. The second-order valence-corrected chi connectivity index (χ2v) is 11.1. The number of rotatable bonds is 7. The molecule has 0 spiro atoms. The summed E-state index contributed by atoms with van der Waals surface area (Å²) in [6.45, 7) is 2.45. The van der Waals surface area contributed by atoms with Gasteiger partial charge in [0.2, 0.25) is 5.91 Å². The van der Waals surface area contributed by atoms with E-state index in [1.54, 1.807) is 11.3 Å². The van der Waals surface area contributed by atoms with Crippen molar-refractivity contribution in [3.63, 3.8) is 0 Å². The number of nitrogens with zero attached hydrogens (tertiary/aromatic N) is 1. The topological polar surface area (TPSA) is 70.7 Å². The maximum atomic E-state index is 12.7. The molecule has 2 heterocycles. The molecule has 30 heavy (non-hydrogen) atoms. The lowest BCUT2D eigenvalue weighted by atomic mass is 9.53. The molecule has 4 saturated carbocycles. The van der Waals surface area contributed by atoms with Gasteiger partial charge < -0.3 is 10.1 Å². The Bertz CT molecular complexity index is 724. The Morgan fingerprint density at radius 1 is 1.17 bits per heavy atom. The fourth-order valence-corrected chi connectivity index (χ4v) is 7.54. The first-order chi connectivity index (χ1) is 14.6. The van der Waals surface area contributed by atoms with Gasteiger partial charge in [0, 0.05) is 30.1 Å². The van der Waals surface area contributed by atoms with Gasteiger partial charge in [-0.3, -0.25) is 15.0 Å². The van der Waals surface area contributed by atoms with Crippen LogP contribution in [0.15, 0.2) is 17.5 Å². The first kappa shape index (κ1) is 20.5. The Kier molecular flexibility index (Phi) is 5.86. The average Bonchev–Trinajstić information content (AvgIpc) is 3.33. The zero-order valence-electron chi connectivity index (χ0n) is 17.6. The molecule has 3 amide bonds. The van der Waals surface area contributed by atoms with Gasteiger partial charge in [-0.05, 0) is 80.6 Å². The molecule has 7 heteroatoms. The zero-order valence-corrected chi connectivity index (χ0v) is 18.4. The van der Waals surface area contributed by atoms with E-state index in [2.05, 4.69) is 27.0 Å². The van der Waals surface area contributed by atoms with Crippen LogP contribution in [0, 0.1) is 17.8 Å². The molecule has 1 atom stereocenters. The van der Waals surface area contributed by atoms with E-state index in [1.807, 2.05) is 6.07 Å². The van der Waals surface area contributed by atoms with Gasteiger partial charge in [-0.25, -0.2) is 4.79 Å². The minimum absolute atomic E-state index is 0.0759. The second-order valence-electron chi connectivity index (χ2n) is 10.1. The van der Waals surface area contributed by atoms with Gasteiger partial charge in [0.1, 0.15) is 0 Å². The van der Waals surface area contributed by atoms with E-state index >= 15 is 0 Å². The highest BCUT2D eigenvalue weighted by atomic mass is 32.1. The molecule has 4 aliphatic carbocycles. The summed E-state index contributed by atoms with van der Waals surface area (Å²) in [5, 5.41) is 7.91. The van der Waals surface area contributed by atoms with Gasteiger partial charge in [-0.15, -0.1) is 11.3 Å². The number of carbonyl (C=O) groups excluding carboxylic acids is 2. The van der Waals surface area contributed by atoms with Crippen molar-refractivity contribution in [3.05, 3.63) is 22.4 Å². The van der Waals surface area contributed by atoms with Gasteiger partial charge in [0.05, 0.1) is 12.6 Å². The number of thiophene rings is 1. The van der Waals surface area contributed by atoms with Crippen molar-refractivity contribution in [2.24, 2.45) is 17.8 Å². The molecule has 5 aliphatic rings. The monoisotopic (exact) mass is 431 g/mol. The molecule has 0 radical (unpaired) electrons. The Labute approximate surface area is 182 Å². The van der Waals surface area contributed by atoms with Crippen molar-refractivity contribution in [1.29, 1.82) is 0 Å². The summed E-state index contributed by atoms with van der Waals surface area (Å²) in [7, 11) is 0. The van der Waals surface area contributed by atoms with Crippen molar-refractivity contribution in [3.8, 4) is 0 Å². The Morgan fingerprint density at radius 3 is 2.50 bits per heavy atom. The molecule has 1 aromatic heterocycles. The lowest BCUT2D eigenvalue weighted by Gasteiger charge is -2.56. The van der Waals surface area contributed by atoms with Crippen LogP contribution in [0.2, 0.25) is 0 Å². The summed E-state index contributed by atoms with van der Waals surface area (Å²) in [4.78, 5) is 28.7. The number of nitrogens with one attached hydrogen (secondary N) is 2. The third-order valence-corrected chi connectivity index (χ3v) is 8.34. The molecule has 6 nitrogen and oxygen atoms in total. The van der Waals surface area contributed by atoms with Crippen LogP contribution >= 0.6 is 11.3 Å². The summed E-state index contributed by atoms with van der Waals surface area (Å²) in [5.41, 5.74) is -0.0759. The van der Waals surface area contributed by atoms with Crippen molar-refractivity contribution >= 4 is 23.3 Å². The Balaban J connectivity index is 1.15. The number of imide groups is 1. The first-order valence-corrected chi connectivity index (χ1v) is 12.4. The van der Waals surface area contributed by atoms with Crippen molar-refractivity contribution in [2.45, 2.75) is 69.6 Å². The number of carbonyl (C=O) groups is 2. The highest BCUT2D eigenvalue weighted by Gasteiger charge is 2.51. The zero-order chi connectivity index (χ0) is 20.6. The van der Waals surface area contributed by atoms with Crippen LogP contribution in [-0.4, -0.2) is 48.2 Å². The molecule has 5 fully saturated rings. The highest BCUT2D eigenvalue weighted by molar-refractivity contribution is 7.09. The van der Waals surface area contributed by atoms with Crippen LogP contribution < -0.4 is 10.6 Å². The standard InChI is InChI=1S/C23H33N3O3S/c27-21(15-26(13-19-3-1-5-29-19)14-20-4-2-6-30-20)24-22(28)25-23-10-16-7-17(11-23)9-18(8-16)12-23/h2,4,6,16-19H,1,3,5,7-15H2,(H2,24,25,27,28)/t16?,17?,18?,19-,23?/m1/s1. The Morgan fingerprint density at radius 2 is 1.90 bits per heavy atom. The van der Waals surface area contributed by atoms with E-state index in [0.29, 0.717) is 6.54 Å². The summed E-state index contributed by atoms with van der Waals surface area (Å²) in [6.07, 6.45) is 9.57. The van der Waals surface area contributed by atoms with E-state index in [9.17, 15) is 9.59 Å². The maximum Gasteiger partial charge on any atom is 0.321 e. The molecule has 1 aromatic rings. The number of hydrogen-bond acceptors (Lipinski definition) is 5. The number of urea groups is 1. The second kappa shape index (κ2) is 8.60. The van der Waals surface area contributed by atoms with E-state index in [4.69, 9.17) is 4.74 Å². The molecule has 164 valence electrons. The van der Waals surface area contributed by atoms with Crippen molar-refractivity contribution in [2.75, 3.05) is 19.7 Å². The SMILES string of the molecule is O=C(CN(Cc1cccs1)C[C@H]1CCCO1)NC(=O)NC12CC3CC(CC(C3)C1)C2. The molecule has 6 rings (SSSR count). The van der Waals surface area contributed by atoms with Gasteiger partial charge >= 0.3 is 6.03 Å². The molecule has 1 saturated heterocycles. The minimum atomic E-state index is -0.310. The quantitative estimate of drug-likeness (QED) is 0.693. The van der Waals surface area contributed by atoms with Crippen molar-refractivity contribution < 1.29 is 14.3 Å². The van der Waals surface area contributed by atoms with Crippen LogP contribution in [0.1, 0.15) is 56.2 Å². The minimum Gasteiger partial charge on any atom is -0.377 e. The van der Waals surface area contributed by atoms with E-state index in [-0.39, 0.29) is 30.1 Å². The average molecular weight is 432 g/mol. The van der Waals surface area contributed by atoms with Gasteiger partial charge in [0.25, 0.3) is 0 Å². The molecule has 0 unspecified atom stereocenters. The lowest BCUT2D eigenvalue weighted by molar-refractivity contribution is -0.121. The van der Waals surface area contributed by atoms with Crippen LogP contribution in [0.3, 0.4) is 0 Å². The molecule has 0 aromatic carbocycles. The predicted octanol–water partition coefficient (Wildman–Crippen LogP) is 3.52. The Hall–Kier alpha value is -1.44. The van der Waals surface area contributed by atoms with Crippen LogP contribution in [0.4, 0.5) is 4.79 Å². The third kappa shape index (κ3) is 4.73. The lowest BCUT2D eigenvalue weighted by Crippen LogP contribution is -2.62. The molecule has 4 bridgehead atoms. The van der Waals surface area contributed by atoms with E-state index in [0.717, 1.165) is 63.0 Å². The van der Waals surface area contributed by atoms with Crippen LogP contribution in [0.25, 0.3) is 0 Å². The maximum absolute atomic E-state index is 12.7. The number of amides is 3. The fraction of sp³-hybridized carbons (Fsp3) is 0.739. The number of hydrogen-bond donors (Lipinski definition) is 2. The van der Waals surface area contributed by atoms with Crippen LogP contribution in [0.5, 0.6) is 0 Å². The van der Waals surface area contributed by atoms with Crippen molar-refractivity contribution in [1.82, 2.24) is 15.5 Å². The van der Waals surface area contributed by atoms with Gasteiger partial charge in [-0.1, -0.05) is 6.07 Å². The summed E-state index contributed by atoms with van der Waals surface area (Å²) in [5.74, 6) is 2.06. The molecular weight excluding hydrogens is 398 g/mol. The third-order valence-electron chi connectivity index (χ3n) is 7.48. The van der Waals surface area contributed by atoms with E-state index in [1.165, 1.54) is 24.1 Å². The van der Waals surface area contributed by atoms with Gasteiger partial charge in [-0.2, -0.15) is 0 Å². The normalized spacial score (nSPS) is 34.4.